The average Bonchev–Trinajstić information content (AvgIpc) is 2.46. The van der Waals surface area contributed by atoms with Crippen LogP contribution in [0.3, 0.4) is 0 Å². The van der Waals surface area contributed by atoms with Crippen LogP contribution in [0.1, 0.15) is 45.4 Å². The Kier molecular flexibility index (Phi) is 7.48. The van der Waals surface area contributed by atoms with Gasteiger partial charge in [-0.3, -0.25) is 14.4 Å². The maximum Gasteiger partial charge on any atom is 0.310 e. The Morgan fingerprint density at radius 1 is 1.25 bits per heavy atom. The van der Waals surface area contributed by atoms with Gasteiger partial charge in [-0.15, -0.1) is 11.6 Å². The van der Waals surface area contributed by atoms with Gasteiger partial charge in [0.2, 0.25) is 0 Å². The number of carbonyl (C=O) groups is 3. The van der Waals surface area contributed by atoms with Gasteiger partial charge in [-0.05, 0) is 18.9 Å². The number of esters is 1. The number of carboxylic acid groups (broad SMARTS) is 2. The number of rotatable bonds is 10. The Morgan fingerprint density at radius 2 is 1.96 bits per heavy atom. The van der Waals surface area contributed by atoms with Crippen molar-refractivity contribution in [1.29, 1.82) is 0 Å². The quantitative estimate of drug-likeness (QED) is 0.353. The lowest BCUT2D eigenvalue weighted by molar-refractivity contribution is -0.167. The third-order valence-corrected chi connectivity index (χ3v) is 4.34. The number of allylic oxidation sites excluding steroid dienone is 2. The maximum atomic E-state index is 12.0. The fourth-order valence-electron chi connectivity index (χ4n) is 3.09. The van der Waals surface area contributed by atoms with Gasteiger partial charge in [-0.25, -0.2) is 0 Å². The molecule has 0 saturated carbocycles. The molecule has 0 amide bonds. The second-order valence-electron chi connectivity index (χ2n) is 6.13. The van der Waals surface area contributed by atoms with Gasteiger partial charge in [0.1, 0.15) is 5.60 Å². The molecule has 0 spiro atoms. The number of aliphatic carboxylic acids is 2. The van der Waals surface area contributed by atoms with Crippen LogP contribution >= 0.6 is 11.6 Å². The number of alkyl halides is 1. The Bertz CT molecular complexity index is 541. The molecule has 0 heterocycles. The summed E-state index contributed by atoms with van der Waals surface area (Å²) >= 11 is 5.65. The predicted octanol–water partition coefficient (Wildman–Crippen LogP) is 3.15. The van der Waals surface area contributed by atoms with Crippen LogP contribution in [0.4, 0.5) is 0 Å². The maximum absolute atomic E-state index is 12.0. The van der Waals surface area contributed by atoms with Crippen molar-refractivity contribution >= 4 is 29.5 Å². The van der Waals surface area contributed by atoms with Gasteiger partial charge in [-0.1, -0.05) is 24.6 Å². The molecule has 1 aliphatic carbocycles. The van der Waals surface area contributed by atoms with Crippen LogP contribution in [0, 0.1) is 5.41 Å². The summed E-state index contributed by atoms with van der Waals surface area (Å²) in [5, 5.41) is 19.0. The number of hydrogen-bond acceptors (Lipinski definition) is 4. The van der Waals surface area contributed by atoms with E-state index >= 15 is 0 Å². The predicted molar refractivity (Wildman–Crippen MR) is 88.9 cm³/mol. The molecular formula is C17H23ClO6. The summed E-state index contributed by atoms with van der Waals surface area (Å²) in [5.74, 6) is -2.56. The van der Waals surface area contributed by atoms with Crippen LogP contribution < -0.4 is 0 Å². The summed E-state index contributed by atoms with van der Waals surface area (Å²) in [6, 6.07) is 0. The van der Waals surface area contributed by atoms with E-state index in [2.05, 4.69) is 0 Å². The van der Waals surface area contributed by atoms with Gasteiger partial charge in [0, 0.05) is 25.6 Å². The number of halogens is 1. The van der Waals surface area contributed by atoms with Gasteiger partial charge in [0.05, 0.1) is 11.8 Å². The molecule has 2 unspecified atom stereocenters. The topological polar surface area (TPSA) is 101 Å². The molecule has 0 bridgehead atoms. The Labute approximate surface area is 146 Å². The molecule has 0 aliphatic heterocycles. The molecule has 1 rings (SSSR count). The zero-order valence-electron chi connectivity index (χ0n) is 13.7. The number of hydrogen-bond donors (Lipinski definition) is 2. The molecule has 2 N–H and O–H groups in total. The average molecular weight is 359 g/mol. The van der Waals surface area contributed by atoms with Gasteiger partial charge in [0.15, 0.2) is 0 Å². The van der Waals surface area contributed by atoms with Crippen molar-refractivity contribution in [2.75, 3.05) is 5.88 Å². The zero-order chi connectivity index (χ0) is 18.2. The SMILES string of the molecule is CC(=O)OC1(CC(CCCCCl)(CC(=O)O)C(=O)O)C=CC=CC1. The Hall–Kier alpha value is -1.82. The molecule has 1 aliphatic rings. The second kappa shape index (κ2) is 8.87. The first-order chi connectivity index (χ1) is 11.3. The van der Waals surface area contributed by atoms with Crippen molar-refractivity contribution in [3.63, 3.8) is 0 Å². The molecule has 0 aromatic heterocycles. The summed E-state index contributed by atoms with van der Waals surface area (Å²) in [7, 11) is 0. The fraction of sp³-hybridized carbons (Fsp3) is 0.588. The molecule has 0 aromatic carbocycles. The molecule has 0 radical (unpaired) electrons. The highest BCUT2D eigenvalue weighted by atomic mass is 35.5. The van der Waals surface area contributed by atoms with Crippen molar-refractivity contribution in [2.45, 2.75) is 51.0 Å². The molecular weight excluding hydrogens is 336 g/mol. The highest BCUT2D eigenvalue weighted by molar-refractivity contribution is 6.17. The highest BCUT2D eigenvalue weighted by Crippen LogP contribution is 2.42. The van der Waals surface area contributed by atoms with Crippen LogP contribution in [0.15, 0.2) is 24.3 Å². The third kappa shape index (κ3) is 5.67. The summed E-state index contributed by atoms with van der Waals surface area (Å²) in [4.78, 5) is 34.8. The molecule has 134 valence electrons. The number of carbonyl (C=O) groups excluding carboxylic acids is 1. The molecule has 0 fully saturated rings. The highest BCUT2D eigenvalue weighted by Gasteiger charge is 2.48. The first kappa shape index (κ1) is 20.2. The van der Waals surface area contributed by atoms with E-state index in [0.29, 0.717) is 25.1 Å². The van der Waals surface area contributed by atoms with Crippen LogP contribution in [-0.2, 0) is 19.1 Å². The minimum Gasteiger partial charge on any atom is -0.481 e. The molecule has 24 heavy (non-hydrogen) atoms. The van der Waals surface area contributed by atoms with Crippen LogP contribution in [0.25, 0.3) is 0 Å². The lowest BCUT2D eigenvalue weighted by Gasteiger charge is -2.39. The van der Waals surface area contributed by atoms with E-state index < -0.39 is 35.3 Å². The monoisotopic (exact) mass is 358 g/mol. The summed E-state index contributed by atoms with van der Waals surface area (Å²) in [6.45, 7) is 1.25. The van der Waals surface area contributed by atoms with E-state index in [-0.39, 0.29) is 12.8 Å². The molecule has 0 saturated heterocycles. The fourth-order valence-corrected chi connectivity index (χ4v) is 3.28. The lowest BCUT2D eigenvalue weighted by Crippen LogP contribution is -2.44. The first-order valence-electron chi connectivity index (χ1n) is 7.80. The van der Waals surface area contributed by atoms with Crippen molar-refractivity contribution in [2.24, 2.45) is 5.41 Å². The minimum atomic E-state index is -1.52. The third-order valence-electron chi connectivity index (χ3n) is 4.08. The van der Waals surface area contributed by atoms with E-state index in [4.69, 9.17) is 16.3 Å². The largest absolute Gasteiger partial charge is 0.481 e. The lowest BCUT2D eigenvalue weighted by atomic mass is 9.70. The van der Waals surface area contributed by atoms with Crippen molar-refractivity contribution < 1.29 is 29.3 Å². The van der Waals surface area contributed by atoms with Gasteiger partial charge in [-0.2, -0.15) is 0 Å². The first-order valence-corrected chi connectivity index (χ1v) is 8.34. The van der Waals surface area contributed by atoms with E-state index in [1.54, 1.807) is 24.3 Å². The second-order valence-corrected chi connectivity index (χ2v) is 6.51. The van der Waals surface area contributed by atoms with Crippen LogP contribution in [-0.4, -0.2) is 39.6 Å². The smallest absolute Gasteiger partial charge is 0.310 e. The Morgan fingerprint density at radius 3 is 2.42 bits per heavy atom. The summed E-state index contributed by atoms with van der Waals surface area (Å²) < 4.78 is 5.41. The van der Waals surface area contributed by atoms with Crippen molar-refractivity contribution in [3.8, 4) is 0 Å². The van der Waals surface area contributed by atoms with Crippen LogP contribution in [0.2, 0.25) is 0 Å². The molecule has 2 atom stereocenters. The number of ether oxygens (including phenoxy) is 1. The van der Waals surface area contributed by atoms with Gasteiger partial charge < -0.3 is 14.9 Å². The normalized spacial score (nSPS) is 21.9. The summed E-state index contributed by atoms with van der Waals surface area (Å²) in [6.07, 6.45) is 7.77. The molecule has 6 nitrogen and oxygen atoms in total. The van der Waals surface area contributed by atoms with E-state index in [1.165, 1.54) is 6.92 Å². The molecule has 7 heteroatoms. The van der Waals surface area contributed by atoms with Gasteiger partial charge in [0.25, 0.3) is 0 Å². The number of unbranched alkanes of at least 4 members (excludes halogenated alkanes) is 1. The van der Waals surface area contributed by atoms with E-state index in [1.807, 2.05) is 0 Å². The summed E-state index contributed by atoms with van der Waals surface area (Å²) in [5.41, 5.74) is -2.67. The van der Waals surface area contributed by atoms with Crippen LogP contribution in [0.5, 0.6) is 0 Å². The molecule has 0 aromatic rings. The van der Waals surface area contributed by atoms with E-state index in [0.717, 1.165) is 0 Å². The zero-order valence-corrected chi connectivity index (χ0v) is 14.4. The standard InChI is InChI=1S/C17H23ClO6/c1-13(19)24-17(8-3-2-4-9-17)12-16(15(22)23,11-14(20)21)7-5-6-10-18/h2-4,8H,5-7,9-12H2,1H3,(H,20,21)(H,22,23). The van der Waals surface area contributed by atoms with Crippen molar-refractivity contribution in [3.05, 3.63) is 24.3 Å². The van der Waals surface area contributed by atoms with E-state index in [9.17, 15) is 24.6 Å². The van der Waals surface area contributed by atoms with Gasteiger partial charge >= 0.3 is 17.9 Å². The Balaban J connectivity index is 3.16. The van der Waals surface area contributed by atoms with Crippen molar-refractivity contribution in [1.82, 2.24) is 0 Å². The number of carboxylic acids is 2. The minimum absolute atomic E-state index is 0.0929.